The number of aromatic nitrogens is 1. The predicted octanol–water partition coefficient (Wildman–Crippen LogP) is 11.0. The van der Waals surface area contributed by atoms with Gasteiger partial charge >= 0.3 is 0 Å². The zero-order chi connectivity index (χ0) is 32.6. The van der Waals surface area contributed by atoms with Gasteiger partial charge in [-0.3, -0.25) is 0 Å². The number of unbranched alkanes of at least 4 members (excludes halogenated alkanes) is 4. The summed E-state index contributed by atoms with van der Waals surface area (Å²) in [5.74, 6) is 4.22. The van der Waals surface area contributed by atoms with Crippen molar-refractivity contribution in [3.05, 3.63) is 94.6 Å². The monoisotopic (exact) mass is 610 g/mol. The molecule has 0 saturated carbocycles. The lowest BCUT2D eigenvalue weighted by atomic mass is 10.0. The Hall–Kier alpha value is -3.60. The summed E-state index contributed by atoms with van der Waals surface area (Å²) in [7, 11) is 0. The second kappa shape index (κ2) is 19.0. The van der Waals surface area contributed by atoms with Crippen LogP contribution in [0, 0.1) is 19.8 Å². The molecule has 0 amide bonds. The van der Waals surface area contributed by atoms with Gasteiger partial charge in [0, 0.05) is 25.0 Å². The van der Waals surface area contributed by atoms with E-state index in [0.29, 0.717) is 5.92 Å². The molecule has 45 heavy (non-hydrogen) atoms. The number of aliphatic imine (C=N–C) groups is 1. The van der Waals surface area contributed by atoms with Crippen LogP contribution in [0.25, 0.3) is 0 Å². The van der Waals surface area contributed by atoms with Gasteiger partial charge in [0.2, 0.25) is 0 Å². The van der Waals surface area contributed by atoms with Crippen molar-refractivity contribution in [3.63, 3.8) is 0 Å². The number of amidine groups is 1. The van der Waals surface area contributed by atoms with Gasteiger partial charge in [0.25, 0.3) is 0 Å². The number of nitrogens with zero attached hydrogens (tertiary/aromatic N) is 3. The molecule has 1 unspecified atom stereocenters. The minimum atomic E-state index is 0.650. The average Bonchev–Trinajstić information content (AvgIpc) is 3.18. The third-order valence-corrected chi connectivity index (χ3v) is 8.24. The normalized spacial score (nSPS) is 16.4. The number of pyridine rings is 1. The van der Waals surface area contributed by atoms with Crippen LogP contribution in [0.15, 0.2) is 77.2 Å². The number of nitrogens with one attached hydrogen (secondary N) is 1. The highest BCUT2D eigenvalue weighted by atomic mass is 16.5. The van der Waals surface area contributed by atoms with Crippen molar-refractivity contribution in [3.8, 4) is 5.75 Å². The second-order valence-corrected chi connectivity index (χ2v) is 12.6. The van der Waals surface area contributed by atoms with Crippen molar-refractivity contribution in [2.45, 2.75) is 113 Å². The number of fused-ring (bicyclic) bond motifs is 1. The Morgan fingerprint density at radius 1 is 1.04 bits per heavy atom. The minimum absolute atomic E-state index is 0.650. The van der Waals surface area contributed by atoms with E-state index in [4.69, 9.17) is 14.7 Å². The van der Waals surface area contributed by atoms with Crippen molar-refractivity contribution < 1.29 is 4.74 Å². The Balaban J connectivity index is 1.92. The van der Waals surface area contributed by atoms with Crippen LogP contribution in [-0.2, 0) is 6.42 Å². The van der Waals surface area contributed by atoms with Crippen LogP contribution in [0.2, 0.25) is 0 Å². The fraction of sp³-hybridized carbons (Fsp3) is 0.500. The Morgan fingerprint density at radius 3 is 2.56 bits per heavy atom. The first kappa shape index (κ1) is 35.9. The number of rotatable bonds is 15. The second-order valence-electron chi connectivity index (χ2n) is 12.6. The van der Waals surface area contributed by atoms with Crippen LogP contribution in [0.1, 0.15) is 115 Å². The van der Waals surface area contributed by atoms with Crippen LogP contribution in [0.3, 0.4) is 0 Å². The van der Waals surface area contributed by atoms with Gasteiger partial charge in [-0.15, -0.1) is 0 Å². The van der Waals surface area contributed by atoms with Gasteiger partial charge in [-0.2, -0.15) is 0 Å². The highest BCUT2D eigenvalue weighted by molar-refractivity contribution is 6.08. The van der Waals surface area contributed by atoms with Crippen molar-refractivity contribution >= 4 is 17.3 Å². The summed E-state index contributed by atoms with van der Waals surface area (Å²) in [5.41, 5.74) is 6.68. The van der Waals surface area contributed by atoms with Crippen molar-refractivity contribution in [1.82, 2.24) is 4.98 Å². The van der Waals surface area contributed by atoms with Gasteiger partial charge in [-0.05, 0) is 113 Å². The molecule has 1 N–H and O–H groups in total. The molecule has 5 heteroatoms. The molecule has 0 bridgehead atoms. The van der Waals surface area contributed by atoms with Crippen LogP contribution < -0.4 is 15.0 Å². The van der Waals surface area contributed by atoms with Crippen molar-refractivity contribution in [2.75, 3.05) is 23.3 Å². The first-order chi connectivity index (χ1) is 21.8. The Labute approximate surface area is 274 Å². The van der Waals surface area contributed by atoms with Crippen molar-refractivity contribution in [2.24, 2.45) is 10.9 Å². The zero-order valence-corrected chi connectivity index (χ0v) is 29.4. The summed E-state index contributed by atoms with van der Waals surface area (Å²) in [6.45, 7) is 19.5. The van der Waals surface area contributed by atoms with E-state index >= 15 is 0 Å². The Bertz CT molecular complexity index is 1380. The molecule has 0 radical (unpaired) electrons. The maximum Gasteiger partial charge on any atom is 0.156 e. The fourth-order valence-corrected chi connectivity index (χ4v) is 5.53. The number of benzene rings is 1. The molecule has 5 nitrogen and oxygen atoms in total. The average molecular weight is 611 g/mol. The molecule has 0 fully saturated rings. The summed E-state index contributed by atoms with van der Waals surface area (Å²) >= 11 is 0. The first-order valence-electron chi connectivity index (χ1n) is 17.3. The summed E-state index contributed by atoms with van der Waals surface area (Å²) in [5, 5.41) is 3.63. The van der Waals surface area contributed by atoms with E-state index in [2.05, 4.69) is 95.1 Å². The van der Waals surface area contributed by atoms with Crippen LogP contribution in [0.4, 0.5) is 11.5 Å². The molecular formula is C40H58N4O. The number of hydrogen-bond acceptors (Lipinski definition) is 4. The molecule has 1 atom stereocenters. The zero-order valence-electron chi connectivity index (χ0n) is 29.4. The molecule has 1 aliphatic rings. The van der Waals surface area contributed by atoms with Crippen LogP contribution in [0.5, 0.6) is 5.75 Å². The molecule has 1 aromatic carbocycles. The Morgan fingerprint density at radius 2 is 1.84 bits per heavy atom. The maximum absolute atomic E-state index is 6.30. The minimum Gasteiger partial charge on any atom is -0.457 e. The molecule has 2 aromatic rings. The highest BCUT2D eigenvalue weighted by Gasteiger charge is 2.23. The molecule has 1 aliphatic heterocycles. The van der Waals surface area contributed by atoms with E-state index in [-0.39, 0.29) is 0 Å². The molecule has 0 saturated heterocycles. The van der Waals surface area contributed by atoms with E-state index in [1.165, 1.54) is 36.8 Å². The van der Waals surface area contributed by atoms with Gasteiger partial charge in [-0.25, -0.2) is 9.98 Å². The standard InChI is InChI=1S/C40H58N4O/c1-9-13-16-25-41-39(38-33(8)27-34-21-19-31(6)29-44(40(34)43-38)26-17-14-10-2)42-35-22-24-37(32(7)28-35)45-36(12-4)23-20-30(5)18-15-11-3/h12,16,18,20,22-25,27-28,31H,9-11,13-15,17,19,21,26,29H2,1-8H3,(H,41,42)/b23-20-,25-16+,30-18+,36-12+. The fourth-order valence-electron chi connectivity index (χ4n) is 5.53. The lowest BCUT2D eigenvalue weighted by Crippen LogP contribution is -2.30. The molecular weight excluding hydrogens is 552 g/mol. The summed E-state index contributed by atoms with van der Waals surface area (Å²) in [4.78, 5) is 12.8. The molecule has 3 rings (SSSR count). The first-order valence-corrected chi connectivity index (χ1v) is 17.3. The molecule has 2 heterocycles. The van der Waals surface area contributed by atoms with E-state index < -0.39 is 0 Å². The summed E-state index contributed by atoms with van der Waals surface area (Å²) < 4.78 is 6.30. The molecule has 0 aliphatic carbocycles. The van der Waals surface area contributed by atoms with Crippen molar-refractivity contribution in [1.29, 1.82) is 0 Å². The highest BCUT2D eigenvalue weighted by Crippen LogP contribution is 2.30. The number of aryl methyl sites for hydroxylation is 3. The van der Waals surface area contributed by atoms with E-state index in [1.54, 1.807) is 0 Å². The number of ether oxygens (including phenoxy) is 1. The largest absolute Gasteiger partial charge is 0.457 e. The van der Waals surface area contributed by atoms with Gasteiger partial charge < -0.3 is 15.0 Å². The van der Waals surface area contributed by atoms with E-state index in [0.717, 1.165) is 90.9 Å². The van der Waals surface area contributed by atoms with Gasteiger partial charge in [-0.1, -0.05) is 83.2 Å². The quantitative estimate of drug-likeness (QED) is 0.0716. The third-order valence-electron chi connectivity index (χ3n) is 8.24. The number of allylic oxidation sites excluding steroid dienone is 6. The lowest BCUT2D eigenvalue weighted by molar-refractivity contribution is 0.440. The lowest BCUT2D eigenvalue weighted by Gasteiger charge is -2.27. The van der Waals surface area contributed by atoms with Gasteiger partial charge in [0.15, 0.2) is 5.84 Å². The number of anilines is 2. The number of hydrogen-bond donors (Lipinski definition) is 1. The Kier molecular flexibility index (Phi) is 15.2. The van der Waals surface area contributed by atoms with E-state index in [1.807, 2.05) is 31.3 Å². The van der Waals surface area contributed by atoms with Gasteiger partial charge in [0.05, 0.1) is 0 Å². The third kappa shape index (κ3) is 11.4. The molecule has 244 valence electrons. The summed E-state index contributed by atoms with van der Waals surface area (Å²) in [6.07, 6.45) is 22.7. The van der Waals surface area contributed by atoms with Gasteiger partial charge in [0.1, 0.15) is 23.0 Å². The van der Waals surface area contributed by atoms with E-state index in [9.17, 15) is 0 Å². The molecule has 0 spiro atoms. The summed E-state index contributed by atoms with van der Waals surface area (Å²) in [6, 6.07) is 8.58. The van der Waals surface area contributed by atoms with Crippen LogP contribution >= 0.6 is 0 Å². The smallest absolute Gasteiger partial charge is 0.156 e. The predicted molar refractivity (Wildman–Crippen MR) is 196 cm³/mol. The topological polar surface area (TPSA) is 49.8 Å². The van der Waals surface area contributed by atoms with Crippen LogP contribution in [-0.4, -0.2) is 23.9 Å². The SMILES string of the molecule is C\C=C(/C=C\C(C)=C\CCC)Oc1ccc(NC(=N/C=C/CCC)c2nc3c(cc2C)CCC(C)CN3CCCCC)cc1C. The molecule has 1 aromatic heterocycles. The maximum atomic E-state index is 6.30.